The molecular formula is C52H56N2O. The Morgan fingerprint density at radius 3 is 2.55 bits per heavy atom. The van der Waals surface area contributed by atoms with E-state index >= 15 is 0 Å². The van der Waals surface area contributed by atoms with Gasteiger partial charge in [-0.15, -0.1) is 0 Å². The van der Waals surface area contributed by atoms with Gasteiger partial charge in [0.25, 0.3) is 0 Å². The Balaban J connectivity index is 0.935. The van der Waals surface area contributed by atoms with Crippen LogP contribution in [0.1, 0.15) is 123 Å². The summed E-state index contributed by atoms with van der Waals surface area (Å²) in [5.41, 5.74) is 18.3. The third-order valence-electron chi connectivity index (χ3n) is 14.2. The van der Waals surface area contributed by atoms with Crippen LogP contribution in [-0.2, 0) is 0 Å². The van der Waals surface area contributed by atoms with Crippen LogP contribution < -0.4 is 15.8 Å². The summed E-state index contributed by atoms with van der Waals surface area (Å²) in [4.78, 5) is 0. The van der Waals surface area contributed by atoms with Crippen molar-refractivity contribution in [1.29, 1.82) is 0 Å². The van der Waals surface area contributed by atoms with Crippen LogP contribution in [0.3, 0.4) is 0 Å². The van der Waals surface area contributed by atoms with Crippen LogP contribution in [0.15, 0.2) is 150 Å². The second-order valence-corrected chi connectivity index (χ2v) is 17.3. The highest BCUT2D eigenvalue weighted by molar-refractivity contribution is 5.94. The van der Waals surface area contributed by atoms with Gasteiger partial charge >= 0.3 is 0 Å². The Hall–Kier alpha value is -4.60. The van der Waals surface area contributed by atoms with Crippen LogP contribution in [-0.4, -0.2) is 12.3 Å². The van der Waals surface area contributed by atoms with Crippen LogP contribution >= 0.6 is 0 Å². The highest BCUT2D eigenvalue weighted by Gasteiger charge is 2.45. The summed E-state index contributed by atoms with van der Waals surface area (Å²) in [6.45, 7) is 0. The molecule has 8 unspecified atom stereocenters. The molecule has 0 spiro atoms. The standard InChI is InChI=1S/C52H56N2O/c53-52(37-16-5-2-6-17-37)54-48(36-14-3-1-4-15-36)31-28-34-26-29-35(30-27-34)45-33-47-50-43(24-13-25-49(50)55-51(47)44-23-12-11-22-42(44)45)46-32-38-18-7-8-19-39(38)40-20-9-10-21-41(40)46/h1-3,5,9-14,20-27,29,31,33,35,37-39,46,49-50,52,54H,4,6-8,15-19,28,30,32,53H2/b48-31-. The molecule has 8 atom stereocenters. The predicted octanol–water partition coefficient (Wildman–Crippen LogP) is 12.4. The number of nitrogens with one attached hydrogen (secondary N) is 1. The lowest BCUT2D eigenvalue weighted by atomic mass is 9.61. The zero-order chi connectivity index (χ0) is 36.7. The van der Waals surface area contributed by atoms with E-state index in [1.54, 1.807) is 16.7 Å². The quantitative estimate of drug-likeness (QED) is 0.180. The number of allylic oxidation sites excluding steroid dienone is 13. The molecule has 55 heavy (non-hydrogen) atoms. The molecule has 7 aliphatic rings. The van der Waals surface area contributed by atoms with Crippen LogP contribution in [0.2, 0.25) is 0 Å². The number of benzene rings is 3. The van der Waals surface area contributed by atoms with Gasteiger partial charge in [-0.1, -0.05) is 140 Å². The van der Waals surface area contributed by atoms with E-state index in [9.17, 15) is 0 Å². The van der Waals surface area contributed by atoms with E-state index in [2.05, 4.69) is 133 Å². The molecule has 3 aromatic rings. The third kappa shape index (κ3) is 6.63. The van der Waals surface area contributed by atoms with Gasteiger partial charge in [0.15, 0.2) is 0 Å². The normalized spacial score (nSPS) is 29.9. The topological polar surface area (TPSA) is 47.3 Å². The van der Waals surface area contributed by atoms with Crippen LogP contribution in [0.25, 0.3) is 10.8 Å². The fourth-order valence-corrected chi connectivity index (χ4v) is 11.3. The summed E-state index contributed by atoms with van der Waals surface area (Å²) in [6, 6.07) is 21.0. The number of hydrogen-bond acceptors (Lipinski definition) is 3. The van der Waals surface area contributed by atoms with Crippen molar-refractivity contribution in [2.75, 3.05) is 0 Å². The fraction of sp³-hybridized carbons (Fsp3) is 0.385. The maximum absolute atomic E-state index is 6.98. The zero-order valence-electron chi connectivity index (χ0n) is 32.2. The molecule has 3 aromatic carbocycles. The Morgan fingerprint density at radius 1 is 0.836 bits per heavy atom. The minimum absolute atomic E-state index is 0.0352. The van der Waals surface area contributed by atoms with E-state index in [0.29, 0.717) is 17.8 Å². The SMILES string of the molecule is NC(N/C(=C\CC1=CCC(c2cc3c(c4ccccc24)OC2C=CC=C(C4CC5CCCCC5c5ccccc54)C32)C=C1)C1=CC=CCC1)C1CC=CCC1. The minimum Gasteiger partial charge on any atom is -0.484 e. The summed E-state index contributed by atoms with van der Waals surface area (Å²) in [7, 11) is 0. The van der Waals surface area contributed by atoms with Gasteiger partial charge in [-0.3, -0.25) is 0 Å². The summed E-state index contributed by atoms with van der Waals surface area (Å²) in [5, 5.41) is 6.36. The highest BCUT2D eigenvalue weighted by Crippen LogP contribution is 2.57. The first kappa shape index (κ1) is 34.9. The Labute approximate surface area is 328 Å². The van der Waals surface area contributed by atoms with Crippen molar-refractivity contribution in [3.63, 3.8) is 0 Å². The molecule has 3 nitrogen and oxygen atoms in total. The number of nitrogens with two attached hydrogens (primary N) is 1. The van der Waals surface area contributed by atoms with E-state index in [4.69, 9.17) is 10.5 Å². The maximum atomic E-state index is 6.98. The van der Waals surface area contributed by atoms with Gasteiger partial charge in [0.2, 0.25) is 0 Å². The van der Waals surface area contributed by atoms with E-state index in [-0.39, 0.29) is 18.2 Å². The van der Waals surface area contributed by atoms with Gasteiger partial charge < -0.3 is 15.8 Å². The average Bonchev–Trinajstić information content (AvgIpc) is 3.64. The minimum atomic E-state index is -0.0352. The molecule has 1 saturated carbocycles. The first-order valence-corrected chi connectivity index (χ1v) is 21.5. The van der Waals surface area contributed by atoms with Gasteiger partial charge in [-0.05, 0) is 121 Å². The summed E-state index contributed by atoms with van der Waals surface area (Å²) in [5.74, 6) is 4.10. The molecule has 0 bridgehead atoms. The van der Waals surface area contributed by atoms with Crippen molar-refractivity contribution in [3.05, 3.63) is 172 Å². The summed E-state index contributed by atoms with van der Waals surface area (Å²) < 4.78 is 6.98. The van der Waals surface area contributed by atoms with Gasteiger partial charge in [0.1, 0.15) is 11.9 Å². The smallest absolute Gasteiger partial charge is 0.132 e. The molecule has 1 heterocycles. The van der Waals surface area contributed by atoms with Crippen molar-refractivity contribution < 1.29 is 4.74 Å². The lowest BCUT2D eigenvalue weighted by Gasteiger charge is -2.43. The molecule has 0 saturated heterocycles. The molecule has 1 aliphatic heterocycles. The third-order valence-corrected chi connectivity index (χ3v) is 14.2. The van der Waals surface area contributed by atoms with Crippen LogP contribution in [0.5, 0.6) is 5.75 Å². The summed E-state index contributed by atoms with van der Waals surface area (Å²) in [6.07, 6.45) is 42.2. The van der Waals surface area contributed by atoms with Gasteiger partial charge in [0.05, 0.1) is 12.1 Å². The second-order valence-electron chi connectivity index (χ2n) is 17.3. The lowest BCUT2D eigenvalue weighted by Crippen LogP contribution is -2.44. The maximum Gasteiger partial charge on any atom is 0.132 e. The predicted molar refractivity (Wildman–Crippen MR) is 228 cm³/mol. The molecule has 3 N–H and O–H groups in total. The first-order chi connectivity index (χ1) is 27.2. The number of fused-ring (bicyclic) bond motifs is 8. The Bertz CT molecular complexity index is 2210. The fourth-order valence-electron chi connectivity index (χ4n) is 11.3. The first-order valence-electron chi connectivity index (χ1n) is 21.5. The number of ether oxygens (including phenoxy) is 1. The molecule has 0 radical (unpaired) electrons. The van der Waals surface area contributed by atoms with E-state index < -0.39 is 0 Å². The van der Waals surface area contributed by atoms with Crippen molar-refractivity contribution >= 4 is 10.8 Å². The van der Waals surface area contributed by atoms with Gasteiger partial charge in [-0.2, -0.15) is 0 Å². The molecule has 0 aromatic heterocycles. The average molecular weight is 725 g/mol. The number of rotatable bonds is 8. The zero-order valence-corrected chi connectivity index (χ0v) is 32.2. The largest absolute Gasteiger partial charge is 0.484 e. The van der Waals surface area contributed by atoms with Gasteiger partial charge in [0, 0.05) is 28.5 Å². The molecule has 0 amide bonds. The Kier molecular flexibility index (Phi) is 9.60. The van der Waals surface area contributed by atoms with Crippen molar-refractivity contribution in [1.82, 2.24) is 5.32 Å². The monoisotopic (exact) mass is 724 g/mol. The molecule has 10 rings (SSSR count). The van der Waals surface area contributed by atoms with Crippen molar-refractivity contribution in [3.8, 4) is 5.75 Å². The van der Waals surface area contributed by atoms with E-state index in [0.717, 1.165) is 62.5 Å². The highest BCUT2D eigenvalue weighted by atomic mass is 16.5. The molecular weight excluding hydrogens is 669 g/mol. The second kappa shape index (κ2) is 15.1. The van der Waals surface area contributed by atoms with Crippen molar-refractivity contribution in [2.24, 2.45) is 17.6 Å². The molecule has 1 fully saturated rings. The van der Waals surface area contributed by atoms with Crippen molar-refractivity contribution in [2.45, 2.75) is 113 Å². The lowest BCUT2D eigenvalue weighted by molar-refractivity contribution is 0.243. The molecule has 6 aliphatic carbocycles. The van der Waals surface area contributed by atoms with E-state index in [1.165, 1.54) is 70.8 Å². The van der Waals surface area contributed by atoms with Crippen LogP contribution in [0.4, 0.5) is 0 Å². The molecule has 3 heteroatoms. The molecule has 280 valence electrons. The summed E-state index contributed by atoms with van der Waals surface area (Å²) >= 11 is 0. The van der Waals surface area contributed by atoms with E-state index in [1.807, 2.05) is 0 Å². The van der Waals surface area contributed by atoms with Gasteiger partial charge in [-0.25, -0.2) is 0 Å². The van der Waals surface area contributed by atoms with Crippen LogP contribution in [0, 0.1) is 11.8 Å². The Morgan fingerprint density at radius 2 is 1.71 bits per heavy atom. The number of hydrogen-bond donors (Lipinski definition) is 2.